The summed E-state index contributed by atoms with van der Waals surface area (Å²) in [5, 5.41) is 3.75. The molecule has 0 aliphatic heterocycles. The Morgan fingerprint density at radius 3 is 2.55 bits per heavy atom. The molecule has 0 unspecified atom stereocenters. The molecule has 2 aromatic heterocycles. The monoisotopic (exact) mass is 297 g/mol. The van der Waals surface area contributed by atoms with Crippen molar-refractivity contribution >= 4 is 22.6 Å². The van der Waals surface area contributed by atoms with Crippen molar-refractivity contribution in [2.45, 2.75) is 0 Å². The van der Waals surface area contributed by atoms with Crippen molar-refractivity contribution in [2.75, 3.05) is 19.5 Å². The molecule has 1 amide bonds. The fourth-order valence-electron chi connectivity index (χ4n) is 2.15. The van der Waals surface area contributed by atoms with E-state index in [2.05, 4.69) is 15.3 Å². The molecule has 22 heavy (non-hydrogen) atoms. The number of hydrogen-bond acceptors (Lipinski definition) is 4. The second kappa shape index (κ2) is 5.77. The Morgan fingerprint density at radius 2 is 1.86 bits per heavy atom. The number of aromatic nitrogens is 2. The van der Waals surface area contributed by atoms with Gasteiger partial charge in [-0.05, 0) is 24.3 Å². The highest BCUT2D eigenvalue weighted by Gasteiger charge is 2.11. The van der Waals surface area contributed by atoms with Crippen molar-refractivity contribution in [3.63, 3.8) is 0 Å². The molecule has 0 fully saturated rings. The average molecular weight is 297 g/mol. The minimum atomic E-state index is -0.256. The molecule has 0 radical (unpaired) electrons. The summed E-state index contributed by atoms with van der Waals surface area (Å²) in [5.41, 5.74) is 1.85. The maximum Gasteiger partial charge on any atom is 0.255 e. The summed E-state index contributed by atoms with van der Waals surface area (Å²) in [6.45, 7) is 0. The number of rotatable bonds is 4. The quantitative estimate of drug-likeness (QED) is 0.776. The van der Waals surface area contributed by atoms with Crippen molar-refractivity contribution in [3.05, 3.63) is 48.3 Å². The maximum atomic E-state index is 12.4. The zero-order chi connectivity index (χ0) is 15.5. The number of methoxy groups -OCH3 is 2. The highest BCUT2D eigenvalue weighted by molar-refractivity contribution is 6.05. The molecule has 0 saturated carbocycles. The number of amides is 1. The maximum absolute atomic E-state index is 12.4. The zero-order valence-corrected chi connectivity index (χ0v) is 12.2. The number of carbonyl (C=O) groups is 1. The summed E-state index contributed by atoms with van der Waals surface area (Å²) in [7, 11) is 3.08. The summed E-state index contributed by atoms with van der Waals surface area (Å²) < 4.78 is 10.3. The van der Waals surface area contributed by atoms with Crippen LogP contribution >= 0.6 is 0 Å². The van der Waals surface area contributed by atoms with Crippen molar-refractivity contribution < 1.29 is 14.3 Å². The predicted molar refractivity (Wildman–Crippen MR) is 83.6 cm³/mol. The van der Waals surface area contributed by atoms with Crippen molar-refractivity contribution in [1.29, 1.82) is 0 Å². The summed E-state index contributed by atoms with van der Waals surface area (Å²) in [6.07, 6.45) is 3.41. The smallest absolute Gasteiger partial charge is 0.255 e. The molecule has 0 bridgehead atoms. The first kappa shape index (κ1) is 13.9. The van der Waals surface area contributed by atoms with Gasteiger partial charge in [-0.3, -0.25) is 4.79 Å². The van der Waals surface area contributed by atoms with Gasteiger partial charge in [-0.2, -0.15) is 0 Å². The summed E-state index contributed by atoms with van der Waals surface area (Å²) >= 11 is 0. The van der Waals surface area contributed by atoms with E-state index in [1.165, 1.54) is 0 Å². The largest absolute Gasteiger partial charge is 0.497 e. The minimum Gasteiger partial charge on any atom is -0.497 e. The van der Waals surface area contributed by atoms with Gasteiger partial charge in [-0.1, -0.05) is 0 Å². The summed E-state index contributed by atoms with van der Waals surface area (Å²) in [6, 6.07) is 8.77. The average Bonchev–Trinajstić information content (AvgIpc) is 3.01. The molecule has 6 nitrogen and oxygen atoms in total. The van der Waals surface area contributed by atoms with Gasteiger partial charge in [-0.15, -0.1) is 0 Å². The molecule has 2 heterocycles. The first-order valence-corrected chi connectivity index (χ1v) is 6.67. The van der Waals surface area contributed by atoms with Crippen LogP contribution < -0.4 is 14.8 Å². The second-order valence-electron chi connectivity index (χ2n) is 4.69. The van der Waals surface area contributed by atoms with E-state index in [0.29, 0.717) is 22.7 Å². The number of carbonyl (C=O) groups excluding carboxylic acids is 1. The highest BCUT2D eigenvalue weighted by Crippen LogP contribution is 2.23. The van der Waals surface area contributed by atoms with Gasteiger partial charge in [0.2, 0.25) is 0 Å². The Kier molecular flexibility index (Phi) is 3.65. The number of hydrogen-bond donors (Lipinski definition) is 2. The third-order valence-corrected chi connectivity index (χ3v) is 3.27. The van der Waals surface area contributed by atoms with Crippen molar-refractivity contribution in [1.82, 2.24) is 9.97 Å². The number of ether oxygens (including phenoxy) is 2. The van der Waals surface area contributed by atoms with E-state index >= 15 is 0 Å². The number of nitrogens with one attached hydrogen (secondary N) is 2. The SMILES string of the molecule is COc1cc(OC)cc(C(=O)Nc2cnc3[nH]ccc3c2)c1. The van der Waals surface area contributed by atoms with E-state index in [1.54, 1.807) is 44.8 Å². The van der Waals surface area contributed by atoms with Crippen LogP contribution in [0.3, 0.4) is 0 Å². The molecule has 0 aliphatic carbocycles. The number of fused-ring (bicyclic) bond motifs is 1. The van der Waals surface area contributed by atoms with Gasteiger partial charge in [-0.25, -0.2) is 4.98 Å². The molecule has 0 spiro atoms. The Hall–Kier alpha value is -3.02. The Morgan fingerprint density at radius 1 is 1.14 bits per heavy atom. The summed E-state index contributed by atoms with van der Waals surface area (Å²) in [4.78, 5) is 19.6. The molecule has 0 atom stereocenters. The van der Waals surface area contributed by atoms with Crippen LogP contribution in [-0.2, 0) is 0 Å². The van der Waals surface area contributed by atoms with Gasteiger partial charge in [0.1, 0.15) is 17.1 Å². The first-order valence-electron chi connectivity index (χ1n) is 6.67. The van der Waals surface area contributed by atoms with Crippen molar-refractivity contribution in [2.24, 2.45) is 0 Å². The lowest BCUT2D eigenvalue weighted by atomic mass is 10.2. The van der Waals surface area contributed by atoms with Gasteiger partial charge in [0.05, 0.1) is 26.1 Å². The number of H-pyrrole nitrogens is 1. The van der Waals surface area contributed by atoms with E-state index in [-0.39, 0.29) is 5.91 Å². The van der Waals surface area contributed by atoms with E-state index in [4.69, 9.17) is 9.47 Å². The van der Waals surface area contributed by atoms with Crippen LogP contribution in [0.25, 0.3) is 11.0 Å². The number of aromatic amines is 1. The molecule has 3 aromatic rings. The third kappa shape index (κ3) is 2.71. The second-order valence-corrected chi connectivity index (χ2v) is 4.69. The van der Waals surface area contributed by atoms with Gasteiger partial charge in [0, 0.05) is 23.2 Å². The molecule has 2 N–H and O–H groups in total. The standard InChI is InChI=1S/C16H15N3O3/c1-21-13-6-11(7-14(8-13)22-2)16(20)19-12-5-10-3-4-17-15(10)18-9-12/h3-9H,1-2H3,(H,17,18)(H,19,20). The Bertz CT molecular complexity index is 804. The van der Waals surface area contributed by atoms with Gasteiger partial charge in [0.15, 0.2) is 0 Å². The lowest BCUT2D eigenvalue weighted by Gasteiger charge is -2.09. The van der Waals surface area contributed by atoms with Crippen molar-refractivity contribution in [3.8, 4) is 11.5 Å². The minimum absolute atomic E-state index is 0.256. The van der Waals surface area contributed by atoms with Crippen LogP contribution in [0.5, 0.6) is 11.5 Å². The van der Waals surface area contributed by atoms with Gasteiger partial charge < -0.3 is 19.8 Å². The molecular formula is C16H15N3O3. The number of pyridine rings is 1. The molecule has 0 aliphatic rings. The third-order valence-electron chi connectivity index (χ3n) is 3.27. The lowest BCUT2D eigenvalue weighted by molar-refractivity contribution is 0.102. The van der Waals surface area contributed by atoms with Crippen LogP contribution in [0.4, 0.5) is 5.69 Å². The number of nitrogens with zero attached hydrogens (tertiary/aromatic N) is 1. The van der Waals surface area contributed by atoms with Crippen LogP contribution in [0, 0.1) is 0 Å². The van der Waals surface area contributed by atoms with Crippen LogP contribution in [0.2, 0.25) is 0 Å². The Labute approximate surface area is 127 Å². The molecular weight excluding hydrogens is 282 g/mol. The fraction of sp³-hybridized carbons (Fsp3) is 0.125. The fourth-order valence-corrected chi connectivity index (χ4v) is 2.15. The molecule has 3 rings (SSSR count). The zero-order valence-electron chi connectivity index (χ0n) is 12.2. The predicted octanol–water partition coefficient (Wildman–Crippen LogP) is 2.83. The topological polar surface area (TPSA) is 76.2 Å². The normalized spacial score (nSPS) is 10.5. The summed E-state index contributed by atoms with van der Waals surface area (Å²) in [5.74, 6) is 0.862. The first-order chi connectivity index (χ1) is 10.7. The lowest BCUT2D eigenvalue weighted by Crippen LogP contribution is -2.12. The van der Waals surface area contributed by atoms with Crippen LogP contribution in [0.15, 0.2) is 42.7 Å². The van der Waals surface area contributed by atoms with Crippen LogP contribution in [0.1, 0.15) is 10.4 Å². The molecule has 112 valence electrons. The van der Waals surface area contributed by atoms with E-state index < -0.39 is 0 Å². The van der Waals surface area contributed by atoms with Crippen LogP contribution in [-0.4, -0.2) is 30.1 Å². The highest BCUT2D eigenvalue weighted by atomic mass is 16.5. The Balaban J connectivity index is 1.87. The van der Waals surface area contributed by atoms with E-state index in [9.17, 15) is 4.79 Å². The molecule has 1 aromatic carbocycles. The molecule has 6 heteroatoms. The van der Waals surface area contributed by atoms with Gasteiger partial charge in [0.25, 0.3) is 5.91 Å². The molecule has 0 saturated heterocycles. The number of anilines is 1. The van der Waals surface area contributed by atoms with E-state index in [0.717, 1.165) is 11.0 Å². The van der Waals surface area contributed by atoms with Gasteiger partial charge >= 0.3 is 0 Å². The van der Waals surface area contributed by atoms with E-state index in [1.807, 2.05) is 12.1 Å². The number of benzene rings is 1.